The number of nitrogens with one attached hydrogen (secondary N) is 1. The summed E-state index contributed by atoms with van der Waals surface area (Å²) in [5.74, 6) is 0. The second-order valence-electron chi connectivity index (χ2n) is 3.32. The average molecular weight is 307 g/mol. The Hall–Kier alpha value is -2.18. The van der Waals surface area contributed by atoms with E-state index in [0.717, 1.165) is 0 Å². The Morgan fingerprint density at radius 2 is 2.40 bits per heavy atom. The minimum atomic E-state index is -0.559. The zero-order chi connectivity index (χ0) is 14.4. The van der Waals surface area contributed by atoms with Crippen LogP contribution in [0, 0.1) is 11.3 Å². The summed E-state index contributed by atoms with van der Waals surface area (Å²) in [5.41, 5.74) is 0.497. The number of hydrogen-bond donors (Lipinski definition) is 1. The molecule has 0 spiro atoms. The van der Waals surface area contributed by atoms with Gasteiger partial charge in [0.15, 0.2) is 4.34 Å². The fourth-order valence-electron chi connectivity index (χ4n) is 1.15. The molecule has 0 fully saturated rings. The van der Waals surface area contributed by atoms with Gasteiger partial charge in [-0.2, -0.15) is 5.26 Å². The molecular weight excluding hydrogens is 298 g/mol. The van der Waals surface area contributed by atoms with Crippen LogP contribution in [0.15, 0.2) is 27.7 Å². The predicted octanol–water partition coefficient (Wildman–Crippen LogP) is 2.52. The van der Waals surface area contributed by atoms with E-state index in [4.69, 9.17) is 10.00 Å². The number of nitrogens with zero attached hydrogens (tertiary/aromatic N) is 4. The van der Waals surface area contributed by atoms with E-state index in [9.17, 15) is 4.79 Å². The average Bonchev–Trinajstić information content (AvgIpc) is 2.87. The van der Waals surface area contributed by atoms with E-state index in [1.807, 2.05) is 6.07 Å². The Labute approximate surface area is 123 Å². The molecule has 2 aromatic heterocycles. The molecule has 2 heterocycles. The van der Waals surface area contributed by atoms with Crippen molar-refractivity contribution in [3.8, 4) is 6.07 Å². The lowest BCUT2D eigenvalue weighted by Crippen LogP contribution is -2.12. The standard InChI is InChI=1S/C11H9N5O2S2/c1-2-18-10(17)14-9-15-16-11(20-9)19-8-4-3-7(5-12)6-13-8/h3-4,6H,2H2,1H3,(H,14,15,17). The summed E-state index contributed by atoms with van der Waals surface area (Å²) in [7, 11) is 0. The molecule has 0 unspecified atom stereocenters. The second kappa shape index (κ2) is 6.83. The number of nitriles is 1. The maximum atomic E-state index is 11.2. The molecule has 0 atom stereocenters. The highest BCUT2D eigenvalue weighted by Crippen LogP contribution is 2.30. The summed E-state index contributed by atoms with van der Waals surface area (Å²) in [6.45, 7) is 2.01. The van der Waals surface area contributed by atoms with Crippen LogP contribution >= 0.6 is 23.1 Å². The maximum Gasteiger partial charge on any atom is 0.413 e. The first-order chi connectivity index (χ1) is 9.71. The van der Waals surface area contributed by atoms with Gasteiger partial charge in [-0.3, -0.25) is 5.32 Å². The number of carbonyl (C=O) groups excluding carboxylic acids is 1. The number of amides is 1. The molecule has 9 heteroatoms. The number of hydrogen-bond acceptors (Lipinski definition) is 8. The highest BCUT2D eigenvalue weighted by atomic mass is 32.2. The van der Waals surface area contributed by atoms with E-state index in [1.165, 1.54) is 29.3 Å². The van der Waals surface area contributed by atoms with Crippen LogP contribution in [0.2, 0.25) is 0 Å². The molecule has 7 nitrogen and oxygen atoms in total. The van der Waals surface area contributed by atoms with Gasteiger partial charge in [-0.15, -0.1) is 10.2 Å². The number of anilines is 1. The van der Waals surface area contributed by atoms with Crippen molar-refractivity contribution in [2.45, 2.75) is 16.3 Å². The van der Waals surface area contributed by atoms with Crippen LogP contribution in [0.25, 0.3) is 0 Å². The number of carbonyl (C=O) groups is 1. The molecule has 0 saturated heterocycles. The van der Waals surface area contributed by atoms with Crippen molar-refractivity contribution >= 4 is 34.3 Å². The highest BCUT2D eigenvalue weighted by Gasteiger charge is 2.10. The number of rotatable bonds is 4. The first kappa shape index (κ1) is 14.2. The lowest BCUT2D eigenvalue weighted by atomic mass is 10.3. The minimum absolute atomic E-state index is 0.293. The summed E-state index contributed by atoms with van der Waals surface area (Å²) in [6, 6.07) is 5.40. The molecule has 2 aromatic rings. The van der Waals surface area contributed by atoms with Crippen LogP contribution in [-0.4, -0.2) is 27.9 Å². The quantitative estimate of drug-likeness (QED) is 0.866. The fraction of sp³-hybridized carbons (Fsp3) is 0.182. The van der Waals surface area contributed by atoms with E-state index < -0.39 is 6.09 Å². The zero-order valence-corrected chi connectivity index (χ0v) is 12.0. The Morgan fingerprint density at radius 1 is 1.55 bits per heavy atom. The first-order valence-corrected chi connectivity index (χ1v) is 7.16. The molecule has 1 amide bonds. The van der Waals surface area contributed by atoms with E-state index >= 15 is 0 Å². The lowest BCUT2D eigenvalue weighted by Gasteiger charge is -1.99. The largest absolute Gasteiger partial charge is 0.450 e. The molecule has 0 aliphatic rings. The highest BCUT2D eigenvalue weighted by molar-refractivity contribution is 8.01. The third-order valence-corrected chi connectivity index (χ3v) is 3.79. The normalized spacial score (nSPS) is 9.80. The van der Waals surface area contributed by atoms with E-state index in [0.29, 0.717) is 26.7 Å². The molecule has 0 aromatic carbocycles. The van der Waals surface area contributed by atoms with Gasteiger partial charge in [-0.25, -0.2) is 9.78 Å². The molecule has 0 aliphatic heterocycles. The fourth-order valence-corrected chi connectivity index (χ4v) is 2.78. The molecule has 102 valence electrons. The van der Waals surface area contributed by atoms with Crippen LogP contribution in [-0.2, 0) is 4.74 Å². The number of ether oxygens (including phenoxy) is 1. The molecule has 0 aliphatic carbocycles. The summed E-state index contributed by atoms with van der Waals surface area (Å²) in [6.07, 6.45) is 0.929. The minimum Gasteiger partial charge on any atom is -0.450 e. The smallest absolute Gasteiger partial charge is 0.413 e. The number of aromatic nitrogens is 3. The summed E-state index contributed by atoms with van der Waals surface area (Å²) >= 11 is 2.52. The van der Waals surface area contributed by atoms with Crippen LogP contribution in [0.4, 0.5) is 9.93 Å². The maximum absolute atomic E-state index is 11.2. The molecule has 0 bridgehead atoms. The van der Waals surface area contributed by atoms with Gasteiger partial charge in [0.2, 0.25) is 5.13 Å². The molecule has 0 saturated carbocycles. The van der Waals surface area contributed by atoms with Crippen molar-refractivity contribution in [3.63, 3.8) is 0 Å². The van der Waals surface area contributed by atoms with Gasteiger partial charge in [0.25, 0.3) is 0 Å². The van der Waals surface area contributed by atoms with Crippen LogP contribution in [0.5, 0.6) is 0 Å². The molecule has 2 rings (SSSR count). The van der Waals surface area contributed by atoms with Crippen molar-refractivity contribution in [2.24, 2.45) is 0 Å². The number of pyridine rings is 1. The van der Waals surface area contributed by atoms with Gasteiger partial charge < -0.3 is 4.74 Å². The summed E-state index contributed by atoms with van der Waals surface area (Å²) in [5, 5.41) is 20.0. The van der Waals surface area contributed by atoms with Gasteiger partial charge in [0.05, 0.1) is 12.2 Å². The van der Waals surface area contributed by atoms with Gasteiger partial charge in [-0.05, 0) is 30.8 Å². The van der Waals surface area contributed by atoms with Gasteiger partial charge in [-0.1, -0.05) is 11.3 Å². The Kier molecular flexibility index (Phi) is 4.86. The Morgan fingerprint density at radius 3 is 3.05 bits per heavy atom. The molecule has 20 heavy (non-hydrogen) atoms. The van der Waals surface area contributed by atoms with Crippen LogP contribution < -0.4 is 5.32 Å². The van der Waals surface area contributed by atoms with Crippen molar-refractivity contribution in [1.82, 2.24) is 15.2 Å². The second-order valence-corrected chi connectivity index (χ2v) is 5.56. The van der Waals surface area contributed by atoms with Crippen LogP contribution in [0.1, 0.15) is 12.5 Å². The predicted molar refractivity (Wildman–Crippen MR) is 73.6 cm³/mol. The van der Waals surface area contributed by atoms with Crippen molar-refractivity contribution < 1.29 is 9.53 Å². The van der Waals surface area contributed by atoms with Gasteiger partial charge in [0, 0.05) is 6.20 Å². The first-order valence-electron chi connectivity index (χ1n) is 5.52. The summed E-state index contributed by atoms with van der Waals surface area (Å²) in [4.78, 5) is 15.3. The van der Waals surface area contributed by atoms with Crippen molar-refractivity contribution in [1.29, 1.82) is 5.26 Å². The summed E-state index contributed by atoms with van der Waals surface area (Å²) < 4.78 is 5.37. The molecule has 0 radical (unpaired) electrons. The van der Waals surface area contributed by atoms with Gasteiger partial charge >= 0.3 is 6.09 Å². The SMILES string of the molecule is CCOC(=O)Nc1nnc(Sc2ccc(C#N)cn2)s1. The van der Waals surface area contributed by atoms with E-state index in [1.54, 1.807) is 19.1 Å². The van der Waals surface area contributed by atoms with Crippen molar-refractivity contribution in [2.75, 3.05) is 11.9 Å². The third-order valence-electron chi connectivity index (χ3n) is 1.95. The van der Waals surface area contributed by atoms with E-state index in [2.05, 4.69) is 20.5 Å². The lowest BCUT2D eigenvalue weighted by molar-refractivity contribution is 0.168. The zero-order valence-electron chi connectivity index (χ0n) is 10.4. The Balaban J connectivity index is 1.98. The van der Waals surface area contributed by atoms with E-state index in [-0.39, 0.29) is 0 Å². The molecule has 1 N–H and O–H groups in total. The van der Waals surface area contributed by atoms with Crippen molar-refractivity contribution in [3.05, 3.63) is 23.9 Å². The molecular formula is C11H9N5O2S2. The third kappa shape index (κ3) is 3.91. The monoisotopic (exact) mass is 307 g/mol. The Bertz CT molecular complexity index is 635. The topological polar surface area (TPSA) is 101 Å². The van der Waals surface area contributed by atoms with Gasteiger partial charge in [0.1, 0.15) is 11.1 Å². The van der Waals surface area contributed by atoms with Crippen LogP contribution in [0.3, 0.4) is 0 Å².